The molecule has 2 aromatic rings. The molecule has 0 saturated carbocycles. The van der Waals surface area contributed by atoms with Gasteiger partial charge >= 0.3 is 6.18 Å². The van der Waals surface area contributed by atoms with Gasteiger partial charge in [-0.2, -0.15) is 13.2 Å². The smallest absolute Gasteiger partial charge is 0.240 e. The largest absolute Gasteiger partial charge is 0.433 e. The summed E-state index contributed by atoms with van der Waals surface area (Å²) in [6, 6.07) is 1.26. The number of hydrogen-bond donors (Lipinski definition) is 0. The van der Waals surface area contributed by atoms with Gasteiger partial charge in [0, 0.05) is 0 Å². The molecule has 0 N–H and O–H groups in total. The Morgan fingerprint density at radius 1 is 1.17 bits per heavy atom. The molecule has 0 aliphatic rings. The highest BCUT2D eigenvalue weighted by atomic mass is 35.5. The molecule has 0 aliphatic heterocycles. The van der Waals surface area contributed by atoms with E-state index in [0.29, 0.717) is 6.07 Å². The lowest BCUT2D eigenvalue weighted by atomic mass is 10.1. The highest BCUT2D eigenvalue weighted by molar-refractivity contribution is 6.35. The fourth-order valence-corrected chi connectivity index (χ4v) is 1.84. The van der Waals surface area contributed by atoms with E-state index in [0.717, 1.165) is 6.07 Å². The van der Waals surface area contributed by atoms with Crippen molar-refractivity contribution in [3.05, 3.63) is 40.0 Å². The van der Waals surface area contributed by atoms with Gasteiger partial charge in [0.1, 0.15) is 22.8 Å². The lowest BCUT2D eigenvalue weighted by molar-refractivity contribution is -0.140. The summed E-state index contributed by atoms with van der Waals surface area (Å²) in [5.74, 6) is -1.92. The van der Waals surface area contributed by atoms with Gasteiger partial charge in [-0.25, -0.2) is 13.8 Å². The summed E-state index contributed by atoms with van der Waals surface area (Å²) in [6.45, 7) is 1.28. The molecular weight excluding hydrogens is 277 g/mol. The van der Waals surface area contributed by atoms with Crippen LogP contribution in [0.15, 0.2) is 12.1 Å². The summed E-state index contributed by atoms with van der Waals surface area (Å²) in [5, 5.41) is -0.963. The van der Waals surface area contributed by atoms with Crippen molar-refractivity contribution in [3.8, 4) is 0 Å². The van der Waals surface area contributed by atoms with Crippen LogP contribution in [0.3, 0.4) is 0 Å². The minimum Gasteiger partial charge on any atom is -0.240 e. The molecule has 1 aromatic carbocycles. The number of pyridine rings is 1. The van der Waals surface area contributed by atoms with Crippen LogP contribution >= 0.6 is 11.6 Å². The van der Waals surface area contributed by atoms with Crippen molar-refractivity contribution in [2.75, 3.05) is 0 Å². The minimum atomic E-state index is -4.77. The SMILES string of the molecule is Cc1cc(F)c2nc(C(F)(F)F)cc(Cl)c2c1F. The van der Waals surface area contributed by atoms with Crippen LogP contribution in [0.2, 0.25) is 5.02 Å². The first-order valence-corrected chi connectivity index (χ1v) is 5.11. The summed E-state index contributed by atoms with van der Waals surface area (Å²) >= 11 is 5.57. The Morgan fingerprint density at radius 3 is 2.33 bits per heavy atom. The molecule has 1 heterocycles. The molecule has 0 aliphatic carbocycles. The van der Waals surface area contributed by atoms with Crippen LogP contribution in [-0.2, 0) is 6.18 Å². The maximum Gasteiger partial charge on any atom is 0.433 e. The van der Waals surface area contributed by atoms with E-state index in [-0.39, 0.29) is 5.56 Å². The predicted molar refractivity (Wildman–Crippen MR) is 56.4 cm³/mol. The molecule has 0 saturated heterocycles. The number of hydrogen-bond acceptors (Lipinski definition) is 1. The fourth-order valence-electron chi connectivity index (χ4n) is 1.56. The molecular formula is C11H5ClF5N. The van der Waals surface area contributed by atoms with Crippen molar-refractivity contribution in [3.63, 3.8) is 0 Å². The molecule has 1 nitrogen and oxygen atoms in total. The normalized spacial score (nSPS) is 12.2. The second-order valence-corrected chi connectivity index (χ2v) is 4.11. The Balaban J connectivity index is 2.91. The first-order chi connectivity index (χ1) is 8.21. The van der Waals surface area contributed by atoms with Gasteiger partial charge in [-0.3, -0.25) is 0 Å². The van der Waals surface area contributed by atoms with Crippen LogP contribution in [0.25, 0.3) is 10.9 Å². The molecule has 0 amide bonds. The van der Waals surface area contributed by atoms with Crippen LogP contribution < -0.4 is 0 Å². The number of halogens is 6. The van der Waals surface area contributed by atoms with E-state index in [1.54, 1.807) is 0 Å². The lowest BCUT2D eigenvalue weighted by Crippen LogP contribution is -2.09. The Labute approximate surface area is 103 Å². The molecule has 0 radical (unpaired) electrons. The van der Waals surface area contributed by atoms with E-state index >= 15 is 0 Å². The maximum absolute atomic E-state index is 13.7. The molecule has 0 bridgehead atoms. The first kappa shape index (κ1) is 13.0. The minimum absolute atomic E-state index is 0.0524. The first-order valence-electron chi connectivity index (χ1n) is 4.74. The monoisotopic (exact) mass is 281 g/mol. The molecule has 18 heavy (non-hydrogen) atoms. The van der Waals surface area contributed by atoms with Crippen molar-refractivity contribution in [1.29, 1.82) is 0 Å². The van der Waals surface area contributed by atoms with E-state index in [1.807, 2.05) is 0 Å². The van der Waals surface area contributed by atoms with E-state index in [4.69, 9.17) is 11.6 Å². The van der Waals surface area contributed by atoms with Crippen molar-refractivity contribution in [2.45, 2.75) is 13.1 Å². The van der Waals surface area contributed by atoms with E-state index in [2.05, 4.69) is 4.98 Å². The summed E-state index contributed by atoms with van der Waals surface area (Å²) < 4.78 is 64.6. The zero-order valence-electron chi connectivity index (χ0n) is 8.87. The second kappa shape index (κ2) is 4.05. The third-order valence-electron chi connectivity index (χ3n) is 2.40. The number of aryl methyl sites for hydroxylation is 1. The van der Waals surface area contributed by atoms with Crippen molar-refractivity contribution in [1.82, 2.24) is 4.98 Å². The van der Waals surface area contributed by atoms with E-state index in [1.165, 1.54) is 6.92 Å². The maximum atomic E-state index is 13.7. The highest BCUT2D eigenvalue weighted by Crippen LogP contribution is 2.35. The van der Waals surface area contributed by atoms with Crippen LogP contribution in [0.4, 0.5) is 22.0 Å². The summed E-state index contributed by atoms with van der Waals surface area (Å²) in [4.78, 5) is 3.08. The molecule has 96 valence electrons. The van der Waals surface area contributed by atoms with Gasteiger partial charge < -0.3 is 0 Å². The summed E-state index contributed by atoms with van der Waals surface area (Å²) in [5.41, 5.74) is -2.14. The molecule has 0 spiro atoms. The lowest BCUT2D eigenvalue weighted by Gasteiger charge is -2.10. The van der Waals surface area contributed by atoms with E-state index in [9.17, 15) is 22.0 Å². The summed E-state index contributed by atoms with van der Waals surface area (Å²) in [6.07, 6.45) is -4.77. The van der Waals surface area contributed by atoms with Gasteiger partial charge in [0.15, 0.2) is 0 Å². The van der Waals surface area contributed by atoms with Crippen molar-refractivity contribution < 1.29 is 22.0 Å². The number of fused-ring (bicyclic) bond motifs is 1. The molecule has 2 rings (SSSR count). The quantitative estimate of drug-likeness (QED) is 0.648. The number of aromatic nitrogens is 1. The fraction of sp³-hybridized carbons (Fsp3) is 0.182. The Bertz CT molecular complexity index is 636. The average Bonchev–Trinajstić information content (AvgIpc) is 2.24. The van der Waals surface area contributed by atoms with Crippen molar-refractivity contribution >= 4 is 22.5 Å². The molecule has 0 atom stereocenters. The van der Waals surface area contributed by atoms with Gasteiger partial charge in [-0.05, 0) is 24.6 Å². The number of alkyl halides is 3. The van der Waals surface area contributed by atoms with Gasteiger partial charge in [-0.15, -0.1) is 0 Å². The Hall–Kier alpha value is -1.43. The van der Waals surface area contributed by atoms with Crippen LogP contribution in [0, 0.1) is 18.6 Å². The van der Waals surface area contributed by atoms with Gasteiger partial charge in [0.05, 0.1) is 10.4 Å². The van der Waals surface area contributed by atoms with Gasteiger partial charge in [0.25, 0.3) is 0 Å². The predicted octanol–water partition coefficient (Wildman–Crippen LogP) is 4.49. The number of benzene rings is 1. The van der Waals surface area contributed by atoms with Gasteiger partial charge in [0.2, 0.25) is 0 Å². The zero-order chi connectivity index (χ0) is 13.7. The number of rotatable bonds is 0. The van der Waals surface area contributed by atoms with Gasteiger partial charge in [-0.1, -0.05) is 11.6 Å². The third-order valence-corrected chi connectivity index (χ3v) is 2.70. The van der Waals surface area contributed by atoms with Crippen molar-refractivity contribution in [2.24, 2.45) is 0 Å². The standard InChI is InChI=1S/C11H5ClF5N/c1-4-2-6(13)10-8(9(4)14)5(12)3-7(18-10)11(15,16)17/h2-3H,1H3. The van der Waals surface area contributed by atoms with Crippen LogP contribution in [-0.4, -0.2) is 4.98 Å². The molecule has 1 aromatic heterocycles. The average molecular weight is 282 g/mol. The zero-order valence-corrected chi connectivity index (χ0v) is 9.63. The second-order valence-electron chi connectivity index (χ2n) is 3.70. The molecule has 0 unspecified atom stereocenters. The van der Waals surface area contributed by atoms with E-state index < -0.39 is 39.4 Å². The topological polar surface area (TPSA) is 12.9 Å². The third kappa shape index (κ3) is 2.01. The van der Waals surface area contributed by atoms with Crippen LogP contribution in [0.5, 0.6) is 0 Å². The highest BCUT2D eigenvalue weighted by Gasteiger charge is 2.34. The molecule has 0 fully saturated rings. The Morgan fingerprint density at radius 2 is 1.78 bits per heavy atom. The summed E-state index contributed by atoms with van der Waals surface area (Å²) in [7, 11) is 0. The Kier molecular flexibility index (Phi) is 2.93. The number of nitrogens with zero attached hydrogens (tertiary/aromatic N) is 1. The van der Waals surface area contributed by atoms with Crippen LogP contribution in [0.1, 0.15) is 11.3 Å². The molecule has 7 heteroatoms.